The predicted octanol–water partition coefficient (Wildman–Crippen LogP) is 3.76. The molecule has 0 fully saturated rings. The van der Waals surface area contributed by atoms with Crippen LogP contribution >= 0.6 is 0 Å². The van der Waals surface area contributed by atoms with E-state index in [4.69, 9.17) is 0 Å². The molecule has 80 valence electrons. The molecule has 0 aromatic carbocycles. The molecule has 0 radical (unpaired) electrons. The quantitative estimate of drug-likeness (QED) is 0.465. The summed E-state index contributed by atoms with van der Waals surface area (Å²) in [7, 11) is 0. The molecule has 0 aromatic heterocycles. The molecule has 0 rings (SSSR count). The number of carbonyl (C=O) groups is 1. The summed E-state index contributed by atoms with van der Waals surface area (Å²) in [6.07, 6.45) is 7.14. The fourth-order valence-corrected chi connectivity index (χ4v) is 1.34. The van der Waals surface area contributed by atoms with Gasteiger partial charge in [-0.05, 0) is 32.1 Å². The lowest BCUT2D eigenvalue weighted by Gasteiger charge is -2.28. The van der Waals surface area contributed by atoms with Crippen molar-refractivity contribution in [2.24, 2.45) is 11.3 Å². The molecule has 0 aliphatic carbocycles. The van der Waals surface area contributed by atoms with Crippen molar-refractivity contribution in [2.75, 3.05) is 0 Å². The molecular formula is C13H22O. The Morgan fingerprint density at radius 3 is 2.43 bits per heavy atom. The van der Waals surface area contributed by atoms with Crippen molar-refractivity contribution >= 4 is 6.29 Å². The number of hydrogen-bond acceptors (Lipinski definition) is 1. The third kappa shape index (κ3) is 3.91. The zero-order valence-electron chi connectivity index (χ0n) is 9.84. The fourth-order valence-electron chi connectivity index (χ4n) is 1.34. The molecule has 0 N–H and O–H groups in total. The maximum absolute atomic E-state index is 10.7. The Labute approximate surface area is 87.9 Å². The van der Waals surface area contributed by atoms with E-state index in [1.807, 2.05) is 13.0 Å². The summed E-state index contributed by atoms with van der Waals surface area (Å²) < 4.78 is 0. The van der Waals surface area contributed by atoms with Gasteiger partial charge >= 0.3 is 0 Å². The van der Waals surface area contributed by atoms with Crippen LogP contribution in [0.5, 0.6) is 0 Å². The van der Waals surface area contributed by atoms with Gasteiger partial charge in [0.15, 0.2) is 0 Å². The van der Waals surface area contributed by atoms with Gasteiger partial charge in [-0.1, -0.05) is 31.6 Å². The summed E-state index contributed by atoms with van der Waals surface area (Å²) in [5.74, 6) is 0.0468. The van der Waals surface area contributed by atoms with Crippen LogP contribution in [0.15, 0.2) is 24.3 Å². The van der Waals surface area contributed by atoms with E-state index >= 15 is 0 Å². The molecule has 0 spiro atoms. The summed E-state index contributed by atoms with van der Waals surface area (Å²) in [5.41, 5.74) is 1.27. The standard InChI is InChI=1S/C13H22O/c1-6-13(5,12(4)10-14)9-7-8-11(2)3/h6,8,10,12H,1,7,9H2,2-5H3. The van der Waals surface area contributed by atoms with Gasteiger partial charge in [-0.15, -0.1) is 6.58 Å². The Bertz CT molecular complexity index is 223. The minimum absolute atomic E-state index is 0.0468. The normalized spacial score (nSPS) is 16.6. The first kappa shape index (κ1) is 13.2. The number of aldehydes is 1. The lowest BCUT2D eigenvalue weighted by molar-refractivity contribution is -0.113. The number of carbonyl (C=O) groups excluding carboxylic acids is 1. The average molecular weight is 194 g/mol. The predicted molar refractivity (Wildman–Crippen MR) is 62.2 cm³/mol. The molecule has 1 heteroatoms. The highest BCUT2D eigenvalue weighted by Crippen LogP contribution is 2.32. The third-order valence-electron chi connectivity index (χ3n) is 2.95. The number of rotatable bonds is 6. The number of hydrogen-bond donors (Lipinski definition) is 0. The van der Waals surface area contributed by atoms with Crippen LogP contribution in [0.4, 0.5) is 0 Å². The first-order chi connectivity index (χ1) is 6.46. The molecule has 0 aromatic rings. The third-order valence-corrected chi connectivity index (χ3v) is 2.95. The van der Waals surface area contributed by atoms with Gasteiger partial charge in [0.05, 0.1) is 0 Å². The highest BCUT2D eigenvalue weighted by atomic mass is 16.1. The first-order valence-corrected chi connectivity index (χ1v) is 5.18. The van der Waals surface area contributed by atoms with Crippen LogP contribution in [-0.4, -0.2) is 6.29 Å². The van der Waals surface area contributed by atoms with E-state index in [-0.39, 0.29) is 11.3 Å². The molecule has 0 aliphatic rings. The van der Waals surface area contributed by atoms with Crippen LogP contribution in [-0.2, 0) is 4.79 Å². The Hall–Kier alpha value is -0.850. The summed E-state index contributed by atoms with van der Waals surface area (Å²) in [6, 6.07) is 0. The van der Waals surface area contributed by atoms with Gasteiger partial charge in [0.25, 0.3) is 0 Å². The van der Waals surface area contributed by atoms with Crippen molar-refractivity contribution < 1.29 is 4.79 Å². The van der Waals surface area contributed by atoms with Crippen LogP contribution in [0.3, 0.4) is 0 Å². The van der Waals surface area contributed by atoms with Gasteiger partial charge in [0.2, 0.25) is 0 Å². The summed E-state index contributed by atoms with van der Waals surface area (Å²) in [4.78, 5) is 10.7. The van der Waals surface area contributed by atoms with Crippen molar-refractivity contribution in [1.82, 2.24) is 0 Å². The lowest BCUT2D eigenvalue weighted by atomic mass is 9.75. The molecule has 0 bridgehead atoms. The molecule has 0 saturated carbocycles. The van der Waals surface area contributed by atoms with E-state index < -0.39 is 0 Å². The molecule has 2 atom stereocenters. The first-order valence-electron chi connectivity index (χ1n) is 5.18. The van der Waals surface area contributed by atoms with Crippen molar-refractivity contribution in [3.8, 4) is 0 Å². The zero-order valence-corrected chi connectivity index (χ0v) is 9.84. The zero-order chi connectivity index (χ0) is 11.2. The van der Waals surface area contributed by atoms with Crippen molar-refractivity contribution in [1.29, 1.82) is 0 Å². The van der Waals surface area contributed by atoms with Crippen LogP contribution in [0.1, 0.15) is 40.5 Å². The Kier molecular flexibility index (Phi) is 5.44. The van der Waals surface area contributed by atoms with Crippen LogP contribution in [0.2, 0.25) is 0 Å². The van der Waals surface area contributed by atoms with Gasteiger partial charge in [0.1, 0.15) is 6.29 Å². The van der Waals surface area contributed by atoms with Crippen LogP contribution in [0, 0.1) is 11.3 Å². The summed E-state index contributed by atoms with van der Waals surface area (Å²) >= 11 is 0. The van der Waals surface area contributed by atoms with Gasteiger partial charge in [-0.25, -0.2) is 0 Å². The monoisotopic (exact) mass is 194 g/mol. The van der Waals surface area contributed by atoms with Crippen molar-refractivity contribution in [3.63, 3.8) is 0 Å². The van der Waals surface area contributed by atoms with Gasteiger partial charge in [-0.2, -0.15) is 0 Å². The molecule has 14 heavy (non-hydrogen) atoms. The van der Waals surface area contributed by atoms with Crippen molar-refractivity contribution in [2.45, 2.75) is 40.5 Å². The molecular weight excluding hydrogens is 172 g/mol. The van der Waals surface area contributed by atoms with E-state index in [2.05, 4.69) is 33.4 Å². The molecule has 0 aliphatic heterocycles. The maximum atomic E-state index is 10.7. The number of allylic oxidation sites excluding steroid dienone is 3. The van der Waals surface area contributed by atoms with Crippen LogP contribution < -0.4 is 0 Å². The smallest absolute Gasteiger partial charge is 0.123 e. The topological polar surface area (TPSA) is 17.1 Å². The molecule has 1 nitrogen and oxygen atoms in total. The summed E-state index contributed by atoms with van der Waals surface area (Å²) in [5, 5.41) is 0. The highest BCUT2D eigenvalue weighted by Gasteiger charge is 2.26. The van der Waals surface area contributed by atoms with E-state index in [1.165, 1.54) is 5.57 Å². The van der Waals surface area contributed by atoms with Crippen LogP contribution in [0.25, 0.3) is 0 Å². The molecule has 0 heterocycles. The second-order valence-corrected chi connectivity index (χ2v) is 4.45. The lowest BCUT2D eigenvalue weighted by Crippen LogP contribution is -2.23. The second-order valence-electron chi connectivity index (χ2n) is 4.45. The van der Waals surface area contributed by atoms with Gasteiger partial charge in [-0.3, -0.25) is 0 Å². The molecule has 2 unspecified atom stereocenters. The minimum atomic E-state index is -0.0618. The Balaban J connectivity index is 4.33. The Morgan fingerprint density at radius 1 is 1.50 bits per heavy atom. The van der Waals surface area contributed by atoms with E-state index in [1.54, 1.807) is 0 Å². The van der Waals surface area contributed by atoms with Gasteiger partial charge in [0, 0.05) is 5.92 Å². The average Bonchev–Trinajstić information content (AvgIpc) is 2.15. The van der Waals surface area contributed by atoms with Crippen molar-refractivity contribution in [3.05, 3.63) is 24.3 Å². The summed E-state index contributed by atoms with van der Waals surface area (Å²) in [6.45, 7) is 12.1. The van der Waals surface area contributed by atoms with E-state index in [0.29, 0.717) is 0 Å². The SMILES string of the molecule is C=CC(C)(CCC=C(C)C)C(C)C=O. The second kappa shape index (κ2) is 5.79. The largest absolute Gasteiger partial charge is 0.303 e. The van der Waals surface area contributed by atoms with E-state index in [0.717, 1.165) is 19.1 Å². The fraction of sp³-hybridized carbons (Fsp3) is 0.615. The molecule has 0 saturated heterocycles. The minimum Gasteiger partial charge on any atom is -0.303 e. The molecule has 0 amide bonds. The van der Waals surface area contributed by atoms with Gasteiger partial charge < -0.3 is 4.79 Å². The van der Waals surface area contributed by atoms with E-state index in [9.17, 15) is 4.79 Å². The maximum Gasteiger partial charge on any atom is 0.123 e. The highest BCUT2D eigenvalue weighted by molar-refractivity contribution is 5.55. The Morgan fingerprint density at radius 2 is 2.07 bits per heavy atom.